The molecular formula is C33H52Cl2SiZr. The Labute approximate surface area is 247 Å². The van der Waals surface area contributed by atoms with Crippen molar-refractivity contribution in [3.8, 4) is 11.1 Å². The van der Waals surface area contributed by atoms with E-state index in [2.05, 4.69) is 109 Å². The second-order valence-corrected chi connectivity index (χ2v) is 35.8. The Morgan fingerprint density at radius 1 is 0.838 bits per heavy atom. The van der Waals surface area contributed by atoms with Crippen molar-refractivity contribution in [3.05, 3.63) is 74.1 Å². The quantitative estimate of drug-likeness (QED) is 0.193. The SMILES string of the molecule is CC(C)(C)c1ccc2c(c1)Cc1c-2ccc(C(C)(C)C)[c]1[Zr]([CH3])([SiH3])[C]1=CC=CC1.CCCCCC.Cl.Cl. The first-order valence-corrected chi connectivity index (χ1v) is 27.3. The van der Waals surface area contributed by atoms with Crippen LogP contribution >= 0.6 is 24.8 Å². The van der Waals surface area contributed by atoms with Crippen molar-refractivity contribution in [1.29, 1.82) is 0 Å². The summed E-state index contributed by atoms with van der Waals surface area (Å²) in [6.45, 7) is 18.7. The molecule has 0 aliphatic heterocycles. The number of halogens is 2. The standard InChI is InChI=1S/C21H25.C6H14.C5H5.CH3.2ClH.H3Si.Zr/c1-20(2,3)16-7-9-18-14(12-16)11-15-13-17(21(4,5)6)8-10-19(15)18;1-3-5-6-4-2;1-2-4-5-3-1;;;;;/h7-10,12H,11H2,1-6H3;3-6H2,1-2H3;1-3H,4H2;1H3;2*1H;1H3;. The first-order valence-electron chi connectivity index (χ1n) is 14.0. The van der Waals surface area contributed by atoms with E-state index in [1.165, 1.54) is 56.2 Å². The molecule has 2 aliphatic carbocycles. The fourth-order valence-corrected chi connectivity index (χ4v) is 20.0. The summed E-state index contributed by atoms with van der Waals surface area (Å²) in [5, 5.41) is 0. The van der Waals surface area contributed by atoms with E-state index in [1.54, 1.807) is 20.0 Å². The van der Waals surface area contributed by atoms with E-state index < -0.39 is 19.4 Å². The Balaban J connectivity index is 0.000000770. The molecule has 2 aliphatic rings. The summed E-state index contributed by atoms with van der Waals surface area (Å²) in [6.07, 6.45) is 15.0. The Hall–Kier alpha value is -0.400. The fourth-order valence-electron chi connectivity index (χ4n) is 5.65. The average molecular weight is 639 g/mol. The maximum absolute atomic E-state index is 2.70. The minimum atomic E-state index is -2.52. The number of unbranched alkanes of at least 4 members (excludes halogenated alkanes) is 3. The van der Waals surface area contributed by atoms with Crippen LogP contribution in [0.25, 0.3) is 11.1 Å². The molecule has 0 saturated carbocycles. The number of hydrogen-bond acceptors (Lipinski definition) is 0. The summed E-state index contributed by atoms with van der Waals surface area (Å²) >= 11 is -2.52. The zero-order valence-electron chi connectivity index (χ0n) is 25.2. The molecule has 206 valence electrons. The van der Waals surface area contributed by atoms with Crippen LogP contribution < -0.4 is 3.27 Å². The van der Waals surface area contributed by atoms with E-state index in [9.17, 15) is 0 Å². The van der Waals surface area contributed by atoms with Gasteiger partial charge >= 0.3 is 185 Å². The van der Waals surface area contributed by atoms with Gasteiger partial charge in [0.2, 0.25) is 0 Å². The van der Waals surface area contributed by atoms with Crippen molar-refractivity contribution in [2.75, 3.05) is 0 Å². The number of rotatable bonds is 5. The van der Waals surface area contributed by atoms with Crippen LogP contribution in [-0.2, 0) is 36.7 Å². The van der Waals surface area contributed by atoms with E-state index in [-0.39, 0.29) is 35.6 Å². The van der Waals surface area contributed by atoms with Crippen molar-refractivity contribution >= 4 is 35.5 Å². The third-order valence-corrected chi connectivity index (χ3v) is 24.0. The predicted octanol–water partition coefficient (Wildman–Crippen LogP) is 9.23. The molecule has 0 aromatic heterocycles. The van der Waals surface area contributed by atoms with Crippen LogP contribution in [0, 0.1) is 0 Å². The molecule has 1 atom stereocenters. The van der Waals surface area contributed by atoms with Crippen molar-refractivity contribution in [3.63, 3.8) is 0 Å². The maximum atomic E-state index is 2.70. The van der Waals surface area contributed by atoms with Crippen LogP contribution in [-0.4, -0.2) is 7.37 Å². The molecular weight excluding hydrogens is 587 g/mol. The van der Waals surface area contributed by atoms with E-state index in [0.717, 1.165) is 6.42 Å². The molecule has 0 spiro atoms. The second-order valence-electron chi connectivity index (χ2n) is 13.2. The molecule has 0 heterocycles. The van der Waals surface area contributed by atoms with Gasteiger partial charge in [-0.15, -0.1) is 24.8 Å². The van der Waals surface area contributed by atoms with Crippen molar-refractivity contribution < 1.29 is 19.4 Å². The Morgan fingerprint density at radius 2 is 1.43 bits per heavy atom. The molecule has 0 radical (unpaired) electrons. The number of benzene rings is 2. The van der Waals surface area contributed by atoms with Gasteiger partial charge in [0.05, 0.1) is 0 Å². The monoisotopic (exact) mass is 636 g/mol. The summed E-state index contributed by atoms with van der Waals surface area (Å²) in [5.41, 5.74) is 9.72. The van der Waals surface area contributed by atoms with Gasteiger partial charge in [-0.1, -0.05) is 39.5 Å². The molecule has 0 bridgehead atoms. The largest absolute Gasteiger partial charge is 0.147 e. The Morgan fingerprint density at radius 3 is 1.92 bits per heavy atom. The van der Waals surface area contributed by atoms with Gasteiger partial charge in [0.25, 0.3) is 0 Å². The number of allylic oxidation sites excluding steroid dienone is 4. The molecule has 1 unspecified atom stereocenters. The molecule has 4 heteroatoms. The molecule has 2 aromatic rings. The van der Waals surface area contributed by atoms with Gasteiger partial charge in [0.15, 0.2) is 0 Å². The molecule has 4 rings (SSSR count). The minimum absolute atomic E-state index is 0. The zero-order valence-corrected chi connectivity index (χ0v) is 31.3. The number of fused-ring (bicyclic) bond motifs is 3. The molecule has 0 fully saturated rings. The topological polar surface area (TPSA) is 0 Å². The molecule has 0 saturated heterocycles. The van der Waals surface area contributed by atoms with E-state index >= 15 is 0 Å². The van der Waals surface area contributed by atoms with Gasteiger partial charge in [-0.2, -0.15) is 0 Å². The molecule has 0 amide bonds. The molecule has 0 nitrogen and oxygen atoms in total. The van der Waals surface area contributed by atoms with E-state index in [0.29, 0.717) is 0 Å². The van der Waals surface area contributed by atoms with Crippen LogP contribution in [0.4, 0.5) is 0 Å². The van der Waals surface area contributed by atoms with E-state index in [1.807, 2.05) is 3.27 Å². The Bertz CT molecular complexity index is 1110. The Kier molecular flexibility index (Phi) is 12.9. The third kappa shape index (κ3) is 7.84. The van der Waals surface area contributed by atoms with Crippen molar-refractivity contribution in [1.82, 2.24) is 0 Å². The average Bonchev–Trinajstić information content (AvgIpc) is 3.44. The van der Waals surface area contributed by atoms with Gasteiger partial charge in [-0.3, -0.25) is 0 Å². The first-order chi connectivity index (χ1) is 16.3. The summed E-state index contributed by atoms with van der Waals surface area (Å²) < 4.78 is 6.34. The summed E-state index contributed by atoms with van der Waals surface area (Å²) in [7, 11) is 1.33. The third-order valence-electron chi connectivity index (χ3n) is 7.91. The van der Waals surface area contributed by atoms with Crippen LogP contribution in [0.15, 0.2) is 51.8 Å². The summed E-state index contributed by atoms with van der Waals surface area (Å²) in [6, 6.07) is 12.2. The van der Waals surface area contributed by atoms with Gasteiger partial charge in [-0.25, -0.2) is 0 Å². The van der Waals surface area contributed by atoms with Crippen LogP contribution in [0.5, 0.6) is 0 Å². The molecule has 2 aromatic carbocycles. The minimum Gasteiger partial charge on any atom is -0.147 e. The zero-order chi connectivity index (χ0) is 26.0. The van der Waals surface area contributed by atoms with Gasteiger partial charge < -0.3 is 0 Å². The normalized spacial score (nSPS) is 15.4. The van der Waals surface area contributed by atoms with Crippen LogP contribution in [0.2, 0.25) is 4.63 Å². The van der Waals surface area contributed by atoms with Crippen LogP contribution in [0.1, 0.15) is 110 Å². The van der Waals surface area contributed by atoms with Gasteiger partial charge in [-0.05, 0) is 0 Å². The molecule has 37 heavy (non-hydrogen) atoms. The van der Waals surface area contributed by atoms with Gasteiger partial charge in [0.1, 0.15) is 0 Å². The summed E-state index contributed by atoms with van der Waals surface area (Å²) in [5.74, 6) is 0. The predicted molar refractivity (Wildman–Crippen MR) is 174 cm³/mol. The smallest absolute Gasteiger partial charge is 0.0536 e. The van der Waals surface area contributed by atoms with Crippen LogP contribution in [0.3, 0.4) is 0 Å². The second kappa shape index (κ2) is 13.8. The summed E-state index contributed by atoms with van der Waals surface area (Å²) in [4.78, 5) is 0. The van der Waals surface area contributed by atoms with Crippen molar-refractivity contribution in [2.24, 2.45) is 0 Å². The maximum Gasteiger partial charge on any atom is -0.0536 e. The van der Waals surface area contributed by atoms with Crippen molar-refractivity contribution in [2.45, 2.75) is 109 Å². The van der Waals surface area contributed by atoms with Gasteiger partial charge in [0, 0.05) is 0 Å². The number of hydrogen-bond donors (Lipinski definition) is 0. The molecule has 0 N–H and O–H groups in total. The fraction of sp³-hybridized carbons (Fsp3) is 0.515. The van der Waals surface area contributed by atoms with E-state index in [4.69, 9.17) is 0 Å². The first kappa shape index (κ1) is 34.6.